The molecule has 1 heterocycles. The summed E-state index contributed by atoms with van der Waals surface area (Å²) in [6.07, 6.45) is 2.62. The minimum absolute atomic E-state index is 0.0138. The van der Waals surface area contributed by atoms with E-state index in [-0.39, 0.29) is 5.91 Å². The van der Waals surface area contributed by atoms with E-state index in [9.17, 15) is 4.79 Å². The van der Waals surface area contributed by atoms with Gasteiger partial charge in [0.2, 0.25) is 5.91 Å². The Bertz CT molecular complexity index is 625. The van der Waals surface area contributed by atoms with Gasteiger partial charge in [0.25, 0.3) is 0 Å². The van der Waals surface area contributed by atoms with Crippen LogP contribution in [0.5, 0.6) is 5.75 Å². The number of nitrogens with zero attached hydrogens (tertiary/aromatic N) is 3. The van der Waals surface area contributed by atoms with Gasteiger partial charge in [-0.25, -0.2) is 0 Å². The van der Waals surface area contributed by atoms with Crippen molar-refractivity contribution in [2.75, 3.05) is 19.4 Å². The molecule has 0 atom stereocenters. The molecule has 0 aliphatic heterocycles. The predicted octanol–water partition coefficient (Wildman–Crippen LogP) is 2.53. The smallest absolute Gasteiger partial charge is 0.230 e. The van der Waals surface area contributed by atoms with E-state index in [1.54, 1.807) is 13.4 Å². The van der Waals surface area contributed by atoms with Gasteiger partial charge in [0, 0.05) is 12.2 Å². The molecule has 0 saturated heterocycles. The average molecular weight is 334 g/mol. The molecule has 2 aromatic rings. The number of methoxy groups -OCH3 is 1. The first-order chi connectivity index (χ1) is 11.1. The van der Waals surface area contributed by atoms with Crippen molar-refractivity contribution in [3.05, 3.63) is 30.6 Å². The maximum Gasteiger partial charge on any atom is 0.230 e. The molecule has 0 spiro atoms. The quantitative estimate of drug-likeness (QED) is 0.751. The van der Waals surface area contributed by atoms with Gasteiger partial charge in [-0.15, -0.1) is 10.2 Å². The summed E-state index contributed by atoms with van der Waals surface area (Å²) in [6, 6.07) is 7.61. The first kappa shape index (κ1) is 17.3. The van der Waals surface area contributed by atoms with Crippen molar-refractivity contribution in [2.45, 2.75) is 25.4 Å². The Hall–Kier alpha value is -2.02. The lowest BCUT2D eigenvalue weighted by molar-refractivity contribution is -0.118. The second-order valence-electron chi connectivity index (χ2n) is 5.50. The van der Waals surface area contributed by atoms with Gasteiger partial charge < -0.3 is 10.1 Å². The fourth-order valence-electron chi connectivity index (χ4n) is 1.92. The maximum absolute atomic E-state index is 11.8. The van der Waals surface area contributed by atoms with Gasteiger partial charge in [0.05, 0.1) is 12.9 Å². The molecule has 1 aromatic carbocycles. The Labute approximate surface area is 140 Å². The van der Waals surface area contributed by atoms with Crippen LogP contribution >= 0.6 is 11.8 Å². The van der Waals surface area contributed by atoms with Gasteiger partial charge in [-0.2, -0.15) is 0 Å². The highest BCUT2D eigenvalue weighted by Crippen LogP contribution is 2.21. The van der Waals surface area contributed by atoms with Crippen LogP contribution in [0.3, 0.4) is 0 Å². The Morgan fingerprint density at radius 1 is 1.35 bits per heavy atom. The summed E-state index contributed by atoms with van der Waals surface area (Å²) in [5, 5.41) is 11.6. The molecule has 0 bridgehead atoms. The number of thioether (sulfide) groups is 1. The number of ether oxygens (including phenoxy) is 1. The number of carbonyl (C=O) groups is 1. The largest absolute Gasteiger partial charge is 0.497 e. The van der Waals surface area contributed by atoms with Crippen molar-refractivity contribution in [1.82, 2.24) is 20.1 Å². The van der Waals surface area contributed by atoms with Gasteiger partial charge in [0.1, 0.15) is 12.1 Å². The second kappa shape index (κ2) is 8.57. The fourth-order valence-corrected chi connectivity index (χ4v) is 2.68. The Morgan fingerprint density at radius 3 is 2.74 bits per heavy atom. The monoisotopic (exact) mass is 334 g/mol. The van der Waals surface area contributed by atoms with Crippen LogP contribution in [0.25, 0.3) is 5.69 Å². The summed E-state index contributed by atoms with van der Waals surface area (Å²) in [5.74, 6) is 1.72. The van der Waals surface area contributed by atoms with E-state index in [2.05, 4.69) is 29.4 Å². The minimum Gasteiger partial charge on any atom is -0.497 e. The zero-order valence-corrected chi connectivity index (χ0v) is 14.5. The third-order valence-electron chi connectivity index (χ3n) is 3.24. The minimum atomic E-state index is 0.0138. The highest BCUT2D eigenvalue weighted by molar-refractivity contribution is 7.99. The van der Waals surface area contributed by atoms with Crippen molar-refractivity contribution in [2.24, 2.45) is 5.92 Å². The number of rotatable bonds is 8. The third-order valence-corrected chi connectivity index (χ3v) is 4.19. The summed E-state index contributed by atoms with van der Waals surface area (Å²) < 4.78 is 7.00. The van der Waals surface area contributed by atoms with Gasteiger partial charge in [-0.1, -0.05) is 25.6 Å². The van der Waals surface area contributed by atoms with Crippen molar-refractivity contribution in [1.29, 1.82) is 0 Å². The Balaban J connectivity index is 1.91. The Morgan fingerprint density at radius 2 is 2.09 bits per heavy atom. The van der Waals surface area contributed by atoms with E-state index in [1.165, 1.54) is 11.8 Å². The first-order valence-corrected chi connectivity index (χ1v) is 8.52. The van der Waals surface area contributed by atoms with Gasteiger partial charge in [-0.05, 0) is 36.6 Å². The molecule has 0 radical (unpaired) electrons. The molecule has 1 N–H and O–H groups in total. The van der Waals surface area contributed by atoms with Gasteiger partial charge in [0.15, 0.2) is 5.16 Å². The topological polar surface area (TPSA) is 69.0 Å². The molecular formula is C16H22N4O2S. The molecule has 0 saturated carbocycles. The molecule has 0 aliphatic rings. The molecule has 23 heavy (non-hydrogen) atoms. The summed E-state index contributed by atoms with van der Waals surface area (Å²) in [7, 11) is 1.63. The van der Waals surface area contributed by atoms with Gasteiger partial charge >= 0.3 is 0 Å². The zero-order chi connectivity index (χ0) is 16.7. The van der Waals surface area contributed by atoms with E-state index in [1.807, 2.05) is 28.8 Å². The third kappa shape index (κ3) is 5.28. The number of hydrogen-bond acceptors (Lipinski definition) is 5. The summed E-state index contributed by atoms with van der Waals surface area (Å²) in [6.45, 7) is 4.98. The van der Waals surface area contributed by atoms with Crippen LogP contribution < -0.4 is 10.1 Å². The lowest BCUT2D eigenvalue weighted by Crippen LogP contribution is -2.27. The lowest BCUT2D eigenvalue weighted by atomic mass is 10.1. The van der Waals surface area contributed by atoms with Crippen molar-refractivity contribution < 1.29 is 9.53 Å². The maximum atomic E-state index is 11.8. The molecule has 124 valence electrons. The van der Waals surface area contributed by atoms with Gasteiger partial charge in [-0.3, -0.25) is 9.36 Å². The molecular weight excluding hydrogens is 312 g/mol. The molecule has 0 aliphatic carbocycles. The van der Waals surface area contributed by atoms with Crippen LogP contribution in [0, 0.1) is 5.92 Å². The van der Waals surface area contributed by atoms with E-state index < -0.39 is 0 Å². The summed E-state index contributed by atoms with van der Waals surface area (Å²) in [4.78, 5) is 11.8. The Kier molecular flexibility index (Phi) is 6.46. The molecule has 0 unspecified atom stereocenters. The number of amides is 1. The van der Waals surface area contributed by atoms with Crippen LogP contribution in [-0.2, 0) is 4.79 Å². The number of hydrogen-bond donors (Lipinski definition) is 1. The van der Waals surface area contributed by atoms with E-state index in [0.717, 1.165) is 17.9 Å². The highest BCUT2D eigenvalue weighted by atomic mass is 32.2. The molecule has 0 fully saturated rings. The molecule has 7 heteroatoms. The molecule has 6 nitrogen and oxygen atoms in total. The van der Waals surface area contributed by atoms with Crippen molar-refractivity contribution in [3.8, 4) is 11.4 Å². The lowest BCUT2D eigenvalue weighted by Gasteiger charge is -2.08. The van der Waals surface area contributed by atoms with Crippen LogP contribution in [0.15, 0.2) is 35.7 Å². The number of carbonyl (C=O) groups excluding carboxylic acids is 1. The van der Waals surface area contributed by atoms with E-state index in [4.69, 9.17) is 4.74 Å². The predicted molar refractivity (Wildman–Crippen MR) is 91.1 cm³/mol. The molecule has 1 amide bonds. The van der Waals surface area contributed by atoms with Crippen LogP contribution in [0.4, 0.5) is 0 Å². The van der Waals surface area contributed by atoms with Crippen LogP contribution in [0.1, 0.15) is 20.3 Å². The summed E-state index contributed by atoms with van der Waals surface area (Å²) in [5.41, 5.74) is 0.929. The van der Waals surface area contributed by atoms with Crippen LogP contribution in [-0.4, -0.2) is 40.1 Å². The van der Waals surface area contributed by atoms with E-state index in [0.29, 0.717) is 23.4 Å². The zero-order valence-electron chi connectivity index (χ0n) is 13.7. The highest BCUT2D eigenvalue weighted by Gasteiger charge is 2.10. The number of nitrogens with one attached hydrogen (secondary N) is 1. The normalized spacial score (nSPS) is 10.8. The first-order valence-electron chi connectivity index (χ1n) is 7.54. The van der Waals surface area contributed by atoms with Crippen molar-refractivity contribution >= 4 is 17.7 Å². The summed E-state index contributed by atoms with van der Waals surface area (Å²) >= 11 is 1.37. The standard InChI is InChI=1S/C16H22N4O2S/c1-12(2)8-9-17-15(21)10-23-16-19-18-11-20(16)13-4-6-14(22-3)7-5-13/h4-7,11-12H,8-10H2,1-3H3,(H,17,21). The number of aromatic nitrogens is 3. The SMILES string of the molecule is COc1ccc(-n2cnnc2SCC(=O)NCCC(C)C)cc1. The molecule has 1 aromatic heterocycles. The van der Waals surface area contributed by atoms with Crippen molar-refractivity contribution in [3.63, 3.8) is 0 Å². The van der Waals surface area contributed by atoms with Crippen LogP contribution in [0.2, 0.25) is 0 Å². The molecule has 2 rings (SSSR count). The van der Waals surface area contributed by atoms with E-state index >= 15 is 0 Å². The fraction of sp³-hybridized carbons (Fsp3) is 0.438. The number of benzene rings is 1. The average Bonchev–Trinajstić information content (AvgIpc) is 3.01. The second-order valence-corrected chi connectivity index (χ2v) is 6.45.